The van der Waals surface area contributed by atoms with Crippen LogP contribution in [0.15, 0.2) is 35.9 Å². The van der Waals surface area contributed by atoms with Crippen LogP contribution in [0.4, 0.5) is 15.3 Å². The van der Waals surface area contributed by atoms with E-state index in [1.165, 1.54) is 30.3 Å². The molecule has 210 valence electrons. The maximum absolute atomic E-state index is 12.9. The van der Waals surface area contributed by atoms with Gasteiger partial charge < -0.3 is 14.6 Å². The van der Waals surface area contributed by atoms with Gasteiger partial charge in [-0.05, 0) is 78.5 Å². The van der Waals surface area contributed by atoms with E-state index in [1.807, 2.05) is 0 Å². The third kappa shape index (κ3) is 9.36. The maximum Gasteiger partial charge on any atom is 0.417 e. The molecule has 13 heteroatoms. The Morgan fingerprint density at radius 3 is 2.16 bits per heavy atom. The number of amides is 2. The van der Waals surface area contributed by atoms with Crippen molar-refractivity contribution >= 4 is 39.8 Å². The molecule has 2 amide bonds. The first-order valence-electron chi connectivity index (χ1n) is 12.0. The fourth-order valence-corrected chi connectivity index (χ4v) is 5.13. The van der Waals surface area contributed by atoms with Crippen molar-refractivity contribution in [1.82, 2.24) is 10.2 Å². The topological polar surface area (TPSA) is 175 Å². The molecule has 0 spiro atoms. The van der Waals surface area contributed by atoms with Crippen molar-refractivity contribution in [1.29, 1.82) is 5.41 Å². The monoisotopic (exact) mass is 552 g/mol. The Morgan fingerprint density at radius 2 is 1.63 bits per heavy atom. The number of hydrogen-bond donors (Lipinski definition) is 4. The van der Waals surface area contributed by atoms with E-state index in [0.29, 0.717) is 18.4 Å². The molecule has 1 unspecified atom stereocenters. The Labute approximate surface area is 222 Å². The SMILES string of the molecule is CC(C)(C)OC(=O)NC(=N)N(Cc1ccc(NS(=O)(=O)C2CCCC=C2C(=O)O)cc1)C(=O)OC(C)(C)C. The summed E-state index contributed by atoms with van der Waals surface area (Å²) >= 11 is 0. The molecule has 4 N–H and O–H groups in total. The lowest BCUT2D eigenvalue weighted by Crippen LogP contribution is -2.49. The summed E-state index contributed by atoms with van der Waals surface area (Å²) in [6, 6.07) is 5.98. The Kier molecular flexibility index (Phi) is 9.54. The molecule has 1 aliphatic carbocycles. The van der Waals surface area contributed by atoms with Crippen molar-refractivity contribution in [3.63, 3.8) is 0 Å². The number of nitrogens with one attached hydrogen (secondary N) is 3. The quantitative estimate of drug-likeness (QED) is 0.300. The molecule has 1 aromatic rings. The number of carbonyl (C=O) groups excluding carboxylic acids is 2. The highest BCUT2D eigenvalue weighted by molar-refractivity contribution is 7.93. The van der Waals surface area contributed by atoms with Gasteiger partial charge in [0.05, 0.1) is 12.1 Å². The molecule has 0 heterocycles. The number of alkyl carbamates (subject to hydrolysis) is 1. The average Bonchev–Trinajstić information content (AvgIpc) is 2.75. The molecule has 12 nitrogen and oxygen atoms in total. The van der Waals surface area contributed by atoms with Crippen molar-refractivity contribution in [3.8, 4) is 0 Å². The van der Waals surface area contributed by atoms with Crippen molar-refractivity contribution in [2.75, 3.05) is 4.72 Å². The summed E-state index contributed by atoms with van der Waals surface area (Å²) in [7, 11) is -4.02. The molecule has 1 aromatic carbocycles. The predicted molar refractivity (Wildman–Crippen MR) is 141 cm³/mol. The first-order chi connectivity index (χ1) is 17.4. The summed E-state index contributed by atoms with van der Waals surface area (Å²) < 4.78 is 38.7. The molecular formula is C25H36N4O8S. The second kappa shape index (κ2) is 11.8. The van der Waals surface area contributed by atoms with E-state index in [-0.39, 0.29) is 24.2 Å². The number of benzene rings is 1. The Balaban J connectivity index is 2.20. The standard InChI is InChI=1S/C25H36N4O8S/c1-24(2,3)36-22(32)27-21(26)29(23(33)37-25(4,5)6)15-16-11-13-17(14-12-16)28-38(34,35)19-10-8-7-9-18(19)20(30)31/h9,11-14,19,28H,7-8,10,15H2,1-6H3,(H,30,31)(H2,26,27,32). The molecule has 0 saturated carbocycles. The summed E-state index contributed by atoms with van der Waals surface area (Å²) in [5.41, 5.74) is -1.13. The first kappa shape index (κ1) is 30.6. The normalized spacial score (nSPS) is 16.1. The third-order valence-corrected chi connectivity index (χ3v) is 6.82. The van der Waals surface area contributed by atoms with Gasteiger partial charge in [0, 0.05) is 5.69 Å². The number of rotatable bonds is 6. The zero-order valence-electron chi connectivity index (χ0n) is 22.5. The van der Waals surface area contributed by atoms with Gasteiger partial charge in [-0.1, -0.05) is 18.2 Å². The summed E-state index contributed by atoms with van der Waals surface area (Å²) in [4.78, 5) is 37.4. The Morgan fingerprint density at radius 1 is 1.05 bits per heavy atom. The number of nitrogens with zero attached hydrogens (tertiary/aromatic N) is 1. The maximum atomic E-state index is 12.9. The van der Waals surface area contributed by atoms with Gasteiger partial charge in [0.25, 0.3) is 0 Å². The number of guanidine groups is 1. The third-order valence-electron chi connectivity index (χ3n) is 5.06. The Bertz CT molecular complexity index is 1200. The van der Waals surface area contributed by atoms with Crippen molar-refractivity contribution < 1.29 is 37.4 Å². The Hall–Kier alpha value is -3.61. The van der Waals surface area contributed by atoms with Crippen LogP contribution >= 0.6 is 0 Å². The van der Waals surface area contributed by atoms with Crippen LogP contribution in [0.3, 0.4) is 0 Å². The fourth-order valence-electron chi connectivity index (χ4n) is 3.51. The van der Waals surface area contributed by atoms with E-state index in [9.17, 15) is 27.9 Å². The van der Waals surface area contributed by atoms with Crippen LogP contribution in [-0.2, 0) is 30.8 Å². The molecule has 0 aromatic heterocycles. The number of carboxylic acids is 1. The minimum absolute atomic E-state index is 0.149. The molecule has 38 heavy (non-hydrogen) atoms. The second-order valence-corrected chi connectivity index (χ2v) is 12.6. The molecule has 0 saturated heterocycles. The highest BCUT2D eigenvalue weighted by Crippen LogP contribution is 2.27. The number of allylic oxidation sites excluding steroid dienone is 1. The molecule has 2 rings (SSSR count). The average molecular weight is 553 g/mol. The lowest BCUT2D eigenvalue weighted by atomic mass is 9.99. The lowest BCUT2D eigenvalue weighted by molar-refractivity contribution is -0.132. The number of hydrogen-bond acceptors (Lipinski definition) is 8. The van der Waals surface area contributed by atoms with E-state index in [2.05, 4.69) is 10.0 Å². The number of sulfonamides is 1. The van der Waals surface area contributed by atoms with E-state index in [4.69, 9.17) is 14.9 Å². The van der Waals surface area contributed by atoms with E-state index >= 15 is 0 Å². The summed E-state index contributed by atoms with van der Waals surface area (Å²) in [6.45, 7) is 9.77. The van der Waals surface area contributed by atoms with Crippen LogP contribution in [-0.4, -0.2) is 59.0 Å². The van der Waals surface area contributed by atoms with E-state index < -0.39 is 50.6 Å². The van der Waals surface area contributed by atoms with Crippen LogP contribution in [0.5, 0.6) is 0 Å². The van der Waals surface area contributed by atoms with E-state index in [1.54, 1.807) is 41.5 Å². The van der Waals surface area contributed by atoms with Gasteiger partial charge >= 0.3 is 18.2 Å². The van der Waals surface area contributed by atoms with Gasteiger partial charge in [-0.3, -0.25) is 15.4 Å². The minimum atomic E-state index is -4.02. The number of carbonyl (C=O) groups is 3. The molecule has 0 bridgehead atoms. The minimum Gasteiger partial charge on any atom is -0.478 e. The van der Waals surface area contributed by atoms with Gasteiger partial charge in [-0.15, -0.1) is 0 Å². The van der Waals surface area contributed by atoms with Gasteiger partial charge in [0.1, 0.15) is 16.5 Å². The van der Waals surface area contributed by atoms with Gasteiger partial charge in [-0.2, -0.15) is 0 Å². The number of carboxylic acid groups (broad SMARTS) is 1. The van der Waals surface area contributed by atoms with Crippen molar-refractivity contribution in [2.45, 2.75) is 83.8 Å². The second-order valence-electron chi connectivity index (χ2n) is 10.8. The zero-order chi connectivity index (χ0) is 28.9. The molecular weight excluding hydrogens is 516 g/mol. The molecule has 0 radical (unpaired) electrons. The number of aliphatic carboxylic acids is 1. The molecule has 1 atom stereocenters. The summed E-state index contributed by atoms with van der Waals surface area (Å²) in [5.74, 6) is -1.83. The van der Waals surface area contributed by atoms with Crippen LogP contribution in [0.1, 0.15) is 66.4 Å². The summed E-state index contributed by atoms with van der Waals surface area (Å²) in [6.07, 6.45) is 0.902. The molecule has 1 aliphatic rings. The smallest absolute Gasteiger partial charge is 0.417 e. The first-order valence-corrected chi connectivity index (χ1v) is 13.6. The number of ether oxygens (including phenoxy) is 2. The predicted octanol–water partition coefficient (Wildman–Crippen LogP) is 4.19. The largest absolute Gasteiger partial charge is 0.478 e. The lowest BCUT2D eigenvalue weighted by Gasteiger charge is -2.28. The van der Waals surface area contributed by atoms with Gasteiger partial charge in [-0.25, -0.2) is 27.7 Å². The highest BCUT2D eigenvalue weighted by atomic mass is 32.2. The van der Waals surface area contributed by atoms with Gasteiger partial charge in [0.2, 0.25) is 16.0 Å². The number of anilines is 1. The van der Waals surface area contributed by atoms with E-state index in [0.717, 1.165) is 4.90 Å². The molecule has 0 aliphatic heterocycles. The van der Waals surface area contributed by atoms with Crippen molar-refractivity contribution in [3.05, 3.63) is 41.5 Å². The highest BCUT2D eigenvalue weighted by Gasteiger charge is 2.34. The van der Waals surface area contributed by atoms with Gasteiger partial charge in [0.15, 0.2) is 0 Å². The van der Waals surface area contributed by atoms with Crippen LogP contribution < -0.4 is 10.0 Å². The van der Waals surface area contributed by atoms with Crippen molar-refractivity contribution in [2.24, 2.45) is 0 Å². The summed E-state index contributed by atoms with van der Waals surface area (Å²) in [5, 5.41) is 18.7. The van der Waals surface area contributed by atoms with Crippen LogP contribution in [0.25, 0.3) is 0 Å². The zero-order valence-corrected chi connectivity index (χ0v) is 23.3. The van der Waals surface area contributed by atoms with Crippen LogP contribution in [0.2, 0.25) is 0 Å². The fraction of sp³-hybridized carbons (Fsp3) is 0.520. The van der Waals surface area contributed by atoms with Crippen LogP contribution in [0, 0.1) is 5.41 Å². The molecule has 0 fully saturated rings.